The van der Waals surface area contributed by atoms with Crippen molar-refractivity contribution in [1.82, 2.24) is 9.97 Å². The molecule has 0 saturated heterocycles. The summed E-state index contributed by atoms with van der Waals surface area (Å²) in [5.74, 6) is 0. The van der Waals surface area contributed by atoms with Crippen molar-refractivity contribution in [1.29, 1.82) is 0 Å². The SMILES string of the molecule is Cc1nc(C=C(B(c2ccc(-c3ccccc3)cc2)c2ccc(-c3ccccc3)cc2)c2ccc(-c3ccccc3)cc2)c(C)nc1C=C(B(c1ccc(-c2ccccc2)cc1)c1ccc(-c2ccccc2)cc1)c1ccc(-c2ccccc2)cc1. The van der Waals surface area contributed by atoms with Crippen molar-refractivity contribution in [2.75, 3.05) is 0 Å². The van der Waals surface area contributed by atoms with E-state index >= 15 is 0 Å². The van der Waals surface area contributed by atoms with E-state index in [-0.39, 0.29) is 13.4 Å². The minimum absolute atomic E-state index is 0.166. The summed E-state index contributed by atoms with van der Waals surface area (Å²) in [6.45, 7) is 3.89. The first kappa shape index (κ1) is 54.6. The Morgan fingerprint density at radius 2 is 0.395 bits per heavy atom. The zero-order valence-electron chi connectivity index (χ0n) is 48.4. The van der Waals surface area contributed by atoms with Gasteiger partial charge in [0, 0.05) is 0 Å². The molecule has 406 valence electrons. The number of hydrogen-bond acceptors (Lipinski definition) is 2. The first-order valence-electron chi connectivity index (χ1n) is 29.7. The van der Waals surface area contributed by atoms with Crippen molar-refractivity contribution in [3.05, 3.63) is 361 Å². The van der Waals surface area contributed by atoms with E-state index in [4.69, 9.17) is 9.97 Å². The Hall–Kier alpha value is -10.7. The highest BCUT2D eigenvalue weighted by Crippen LogP contribution is 2.32. The maximum Gasteiger partial charge on any atom is 0.242 e. The number of hydrogen-bond donors (Lipinski definition) is 0. The molecule has 0 atom stereocenters. The molecule has 13 rings (SSSR count). The van der Waals surface area contributed by atoms with Gasteiger partial charge in [0.2, 0.25) is 13.4 Å². The first-order valence-corrected chi connectivity index (χ1v) is 29.7. The van der Waals surface area contributed by atoms with Gasteiger partial charge in [-0.05, 0) is 104 Å². The van der Waals surface area contributed by atoms with E-state index in [1.165, 1.54) is 77.5 Å². The molecule has 0 aliphatic heterocycles. The van der Waals surface area contributed by atoms with Gasteiger partial charge in [-0.25, -0.2) is 9.97 Å². The number of rotatable bonds is 16. The zero-order chi connectivity index (χ0) is 58.0. The van der Waals surface area contributed by atoms with Crippen LogP contribution in [0, 0.1) is 13.8 Å². The maximum absolute atomic E-state index is 5.59. The summed E-state index contributed by atoms with van der Waals surface area (Å²) in [5, 5.41) is 0. The van der Waals surface area contributed by atoms with E-state index in [0.717, 1.165) is 56.0 Å². The number of benzene rings is 12. The molecule has 0 fully saturated rings. The van der Waals surface area contributed by atoms with Gasteiger partial charge in [0.25, 0.3) is 0 Å². The molecule has 0 aliphatic rings. The third kappa shape index (κ3) is 12.2. The van der Waals surface area contributed by atoms with Crippen molar-refractivity contribution in [3.63, 3.8) is 0 Å². The molecule has 86 heavy (non-hydrogen) atoms. The highest BCUT2D eigenvalue weighted by molar-refractivity contribution is 7.01. The molecule has 0 radical (unpaired) electrons. The zero-order valence-corrected chi connectivity index (χ0v) is 48.4. The Labute approximate surface area is 507 Å². The second-order valence-corrected chi connectivity index (χ2v) is 22.1. The molecule has 1 aromatic heterocycles. The quantitative estimate of drug-likeness (QED) is 0.0901. The van der Waals surface area contributed by atoms with E-state index in [1.54, 1.807) is 0 Å². The summed E-state index contributed by atoms with van der Waals surface area (Å²) in [6.07, 6.45) is 4.60. The van der Waals surface area contributed by atoms with Gasteiger partial charge in [0.05, 0.1) is 22.8 Å². The minimum atomic E-state index is -0.166. The Morgan fingerprint density at radius 1 is 0.221 bits per heavy atom. The van der Waals surface area contributed by atoms with Crippen molar-refractivity contribution >= 4 is 58.4 Å². The molecule has 0 aliphatic carbocycles. The van der Waals surface area contributed by atoms with Gasteiger partial charge in [0.1, 0.15) is 0 Å². The van der Waals surface area contributed by atoms with Crippen LogP contribution in [0.25, 0.3) is 89.9 Å². The molecule has 1 heterocycles. The van der Waals surface area contributed by atoms with E-state index in [2.05, 4.69) is 354 Å². The molecule has 13 aromatic rings. The summed E-state index contributed by atoms with van der Waals surface area (Å²) < 4.78 is 0. The fraction of sp³-hybridized carbons (Fsp3) is 0.0244. The fourth-order valence-electron chi connectivity index (χ4n) is 11.9. The summed E-state index contributed by atoms with van der Waals surface area (Å²) >= 11 is 0. The monoisotopic (exact) mass is 1100 g/mol. The third-order valence-corrected chi connectivity index (χ3v) is 16.6. The average molecular weight is 1100 g/mol. The van der Waals surface area contributed by atoms with Gasteiger partial charge < -0.3 is 0 Å². The first-order chi connectivity index (χ1) is 42.5. The standard InChI is InChI=1S/C82H62B2N2/c1-59-81(57-79(73-37-33-67(34-38-73)61-21-9-3-10-22-61)83(75-49-41-69(42-50-75)63-25-13-5-14-26-63)76-51-43-70(44-52-76)64-27-15-6-16-28-64)86-60(2)82(85-59)58-80(74-39-35-68(36-40-74)62-23-11-4-12-24-62)84(77-53-45-71(46-54-77)65-29-17-7-18-30-65)78-55-47-72(48-56-78)66-31-19-8-20-32-66/h3-58H,1-2H3. The Bertz CT molecular complexity index is 3960. The molecule has 0 amide bonds. The summed E-state index contributed by atoms with van der Waals surface area (Å²) in [7, 11) is 0. The van der Waals surface area contributed by atoms with Crippen LogP contribution in [0.1, 0.15) is 33.9 Å². The molecular formula is C82H62B2N2. The summed E-state index contributed by atoms with van der Waals surface area (Å²) in [4.78, 5) is 11.2. The van der Waals surface area contributed by atoms with E-state index in [1.807, 2.05) is 0 Å². The average Bonchev–Trinajstić information content (AvgIpc) is 1.62. The van der Waals surface area contributed by atoms with Crippen LogP contribution in [0.3, 0.4) is 0 Å². The molecule has 2 nitrogen and oxygen atoms in total. The lowest BCUT2D eigenvalue weighted by Gasteiger charge is -2.22. The Morgan fingerprint density at radius 3 is 0.593 bits per heavy atom. The van der Waals surface area contributed by atoms with E-state index in [9.17, 15) is 0 Å². The maximum atomic E-state index is 5.59. The molecule has 0 spiro atoms. The lowest BCUT2D eigenvalue weighted by atomic mass is 9.35. The van der Waals surface area contributed by atoms with Gasteiger partial charge in [-0.15, -0.1) is 0 Å². The normalized spacial score (nSPS) is 11.5. The summed E-state index contributed by atoms with van der Waals surface area (Å²) in [6, 6.07) is 118. The highest BCUT2D eigenvalue weighted by Gasteiger charge is 2.29. The minimum Gasteiger partial charge on any atom is -0.250 e. The van der Waals surface area contributed by atoms with Gasteiger partial charge in [-0.1, -0.05) is 360 Å². The van der Waals surface area contributed by atoms with Crippen LogP contribution in [-0.4, -0.2) is 23.4 Å². The van der Waals surface area contributed by atoms with Crippen molar-refractivity contribution in [3.8, 4) is 66.8 Å². The van der Waals surface area contributed by atoms with Crippen LogP contribution in [0.2, 0.25) is 0 Å². The molecule has 0 N–H and O–H groups in total. The smallest absolute Gasteiger partial charge is 0.242 e. The number of nitrogens with zero attached hydrogens (tertiary/aromatic N) is 2. The molecule has 0 saturated carbocycles. The lowest BCUT2D eigenvalue weighted by Crippen LogP contribution is -2.43. The molecule has 0 unspecified atom stereocenters. The Kier molecular flexibility index (Phi) is 16.1. The second kappa shape index (κ2) is 25.4. The molecule has 0 bridgehead atoms. The van der Waals surface area contributed by atoms with Crippen LogP contribution >= 0.6 is 0 Å². The Balaban J connectivity index is 0.975. The topological polar surface area (TPSA) is 25.8 Å². The van der Waals surface area contributed by atoms with Crippen LogP contribution < -0.4 is 21.9 Å². The van der Waals surface area contributed by atoms with Gasteiger partial charge >= 0.3 is 0 Å². The van der Waals surface area contributed by atoms with Crippen molar-refractivity contribution < 1.29 is 0 Å². The van der Waals surface area contributed by atoms with Crippen LogP contribution in [-0.2, 0) is 0 Å². The fourth-order valence-corrected chi connectivity index (χ4v) is 11.9. The predicted octanol–water partition coefficient (Wildman–Crippen LogP) is 17.9. The van der Waals surface area contributed by atoms with Gasteiger partial charge in [-0.2, -0.15) is 0 Å². The van der Waals surface area contributed by atoms with Crippen molar-refractivity contribution in [2.45, 2.75) is 13.8 Å². The second-order valence-electron chi connectivity index (χ2n) is 22.1. The molecule has 12 aromatic carbocycles. The third-order valence-electron chi connectivity index (χ3n) is 16.6. The van der Waals surface area contributed by atoms with E-state index < -0.39 is 0 Å². The predicted molar refractivity (Wildman–Crippen MR) is 369 cm³/mol. The number of aryl methyl sites for hydroxylation is 2. The van der Waals surface area contributed by atoms with Crippen LogP contribution in [0.4, 0.5) is 0 Å². The van der Waals surface area contributed by atoms with Crippen LogP contribution in [0.5, 0.6) is 0 Å². The lowest BCUT2D eigenvalue weighted by molar-refractivity contribution is 1.03. The van der Waals surface area contributed by atoms with Gasteiger partial charge in [-0.3, -0.25) is 0 Å². The molecule has 4 heteroatoms. The summed E-state index contributed by atoms with van der Waals surface area (Å²) in [5.41, 5.74) is 26.6. The number of aromatic nitrogens is 2. The van der Waals surface area contributed by atoms with Gasteiger partial charge in [0.15, 0.2) is 0 Å². The van der Waals surface area contributed by atoms with Crippen molar-refractivity contribution in [2.24, 2.45) is 0 Å². The largest absolute Gasteiger partial charge is 0.250 e. The highest BCUT2D eigenvalue weighted by atomic mass is 14.8. The molecular weight excluding hydrogens is 1030 g/mol. The van der Waals surface area contributed by atoms with E-state index in [0.29, 0.717) is 0 Å². The van der Waals surface area contributed by atoms with Crippen LogP contribution in [0.15, 0.2) is 328 Å².